The fourth-order valence-corrected chi connectivity index (χ4v) is 3.48. The van der Waals surface area contributed by atoms with E-state index in [1.807, 2.05) is 6.07 Å². The Morgan fingerprint density at radius 1 is 1.03 bits per heavy atom. The quantitative estimate of drug-likeness (QED) is 0.457. The van der Waals surface area contributed by atoms with Crippen LogP contribution in [0.25, 0.3) is 22.0 Å². The van der Waals surface area contributed by atoms with Crippen LogP contribution < -0.4 is 5.32 Å². The summed E-state index contributed by atoms with van der Waals surface area (Å²) >= 11 is 0. The Hall–Kier alpha value is -4.39. The summed E-state index contributed by atoms with van der Waals surface area (Å²) in [6, 6.07) is 8.84. The molecule has 0 bridgehead atoms. The summed E-state index contributed by atoms with van der Waals surface area (Å²) in [5.74, 6) is -2.00. The molecule has 4 aromatic rings. The minimum Gasteiger partial charge on any atom is -0.354 e. The molecule has 5 rings (SSSR count). The van der Waals surface area contributed by atoms with Crippen molar-refractivity contribution >= 4 is 28.1 Å². The van der Waals surface area contributed by atoms with E-state index in [-0.39, 0.29) is 16.8 Å². The van der Waals surface area contributed by atoms with E-state index in [0.717, 1.165) is 6.20 Å². The maximum atomic E-state index is 13.0. The van der Waals surface area contributed by atoms with Crippen molar-refractivity contribution in [3.05, 3.63) is 71.7 Å². The predicted molar refractivity (Wildman–Crippen MR) is 103 cm³/mol. The van der Waals surface area contributed by atoms with Gasteiger partial charge < -0.3 is 5.32 Å². The van der Waals surface area contributed by atoms with E-state index in [1.54, 1.807) is 24.3 Å². The van der Waals surface area contributed by atoms with Crippen LogP contribution in [0.4, 0.5) is 24.5 Å². The first kappa shape index (κ1) is 18.6. The third-order valence-corrected chi connectivity index (χ3v) is 4.86. The fraction of sp³-hybridized carbons (Fsp3) is 0.0476. The molecule has 31 heavy (non-hydrogen) atoms. The van der Waals surface area contributed by atoms with Crippen LogP contribution in [-0.2, 0) is 6.18 Å². The second kappa shape index (κ2) is 6.56. The normalized spacial score (nSPS) is 12.4. The van der Waals surface area contributed by atoms with E-state index in [1.165, 1.54) is 18.6 Å². The highest BCUT2D eigenvalue weighted by Crippen LogP contribution is 2.41. The van der Waals surface area contributed by atoms with Crippen LogP contribution in [0.2, 0.25) is 0 Å². The SMILES string of the molecule is N#Cc1cnccc1Nc1ccc2ncc3c(c2c1)-c1cnc(C(F)(F)F)nc1C3=O. The van der Waals surface area contributed by atoms with Gasteiger partial charge in [0.15, 0.2) is 0 Å². The highest BCUT2D eigenvalue weighted by atomic mass is 19.4. The molecule has 1 aliphatic carbocycles. The molecule has 0 unspecified atom stereocenters. The van der Waals surface area contributed by atoms with Crippen molar-refractivity contribution in [2.75, 3.05) is 5.32 Å². The first-order valence-corrected chi connectivity index (χ1v) is 8.90. The Kier molecular flexibility index (Phi) is 3.94. The maximum Gasteiger partial charge on any atom is 0.451 e. The van der Waals surface area contributed by atoms with E-state index < -0.39 is 17.8 Å². The largest absolute Gasteiger partial charge is 0.451 e. The smallest absolute Gasteiger partial charge is 0.354 e. The number of nitriles is 1. The number of alkyl halides is 3. The molecular weight excluding hydrogens is 409 g/mol. The molecule has 0 fully saturated rings. The highest BCUT2D eigenvalue weighted by Gasteiger charge is 2.38. The van der Waals surface area contributed by atoms with Crippen LogP contribution in [-0.4, -0.2) is 25.7 Å². The van der Waals surface area contributed by atoms with Crippen LogP contribution in [0, 0.1) is 11.3 Å². The van der Waals surface area contributed by atoms with Crippen molar-refractivity contribution in [3.63, 3.8) is 0 Å². The Balaban J connectivity index is 1.67. The van der Waals surface area contributed by atoms with Gasteiger partial charge in [-0.2, -0.15) is 18.4 Å². The summed E-state index contributed by atoms with van der Waals surface area (Å²) < 4.78 is 39.0. The summed E-state index contributed by atoms with van der Waals surface area (Å²) in [5, 5.41) is 12.9. The van der Waals surface area contributed by atoms with Gasteiger partial charge in [0, 0.05) is 47.0 Å². The van der Waals surface area contributed by atoms with Crippen LogP contribution in [0.3, 0.4) is 0 Å². The van der Waals surface area contributed by atoms with Gasteiger partial charge >= 0.3 is 6.18 Å². The number of carbonyl (C=O) groups is 1. The van der Waals surface area contributed by atoms with Crippen molar-refractivity contribution in [1.29, 1.82) is 5.26 Å². The second-order valence-corrected chi connectivity index (χ2v) is 6.72. The van der Waals surface area contributed by atoms with Gasteiger partial charge in [0.25, 0.3) is 0 Å². The molecule has 3 heterocycles. The van der Waals surface area contributed by atoms with E-state index in [0.29, 0.717) is 33.4 Å². The Morgan fingerprint density at radius 3 is 2.61 bits per heavy atom. The van der Waals surface area contributed by atoms with Gasteiger partial charge in [-0.15, -0.1) is 0 Å². The minimum absolute atomic E-state index is 0.162. The Labute approximate surface area is 172 Å². The molecule has 3 aromatic heterocycles. The van der Waals surface area contributed by atoms with Gasteiger partial charge in [-0.1, -0.05) is 0 Å². The first-order chi connectivity index (χ1) is 14.9. The predicted octanol–water partition coefficient (Wildman–Crippen LogP) is 4.27. The molecule has 0 atom stereocenters. The Morgan fingerprint density at radius 2 is 1.84 bits per heavy atom. The number of nitrogens with zero attached hydrogens (tertiary/aromatic N) is 5. The average Bonchev–Trinajstić information content (AvgIpc) is 3.05. The van der Waals surface area contributed by atoms with Crippen LogP contribution in [0.1, 0.15) is 27.4 Å². The zero-order chi connectivity index (χ0) is 21.8. The molecule has 0 radical (unpaired) electrons. The maximum absolute atomic E-state index is 13.0. The standard InChI is InChI=1S/C21H9F3N6O/c22-21(23,24)20-28-8-13-17-12-5-11(29-15-3-4-26-7-10(15)6-25)1-2-16(12)27-9-14(17)19(31)18(13)30-20/h1-5,7-9H,(H,26,29). The summed E-state index contributed by atoms with van der Waals surface area (Å²) in [5.41, 5.74) is 2.52. The number of halogens is 3. The number of ketones is 1. The zero-order valence-electron chi connectivity index (χ0n) is 15.4. The lowest BCUT2D eigenvalue weighted by molar-refractivity contribution is -0.145. The third kappa shape index (κ3) is 2.95. The van der Waals surface area contributed by atoms with Crippen LogP contribution in [0.5, 0.6) is 0 Å². The number of hydrogen-bond acceptors (Lipinski definition) is 7. The monoisotopic (exact) mass is 418 g/mol. The zero-order valence-corrected chi connectivity index (χ0v) is 15.4. The van der Waals surface area contributed by atoms with Crippen molar-refractivity contribution < 1.29 is 18.0 Å². The van der Waals surface area contributed by atoms with Crippen molar-refractivity contribution in [1.82, 2.24) is 19.9 Å². The van der Waals surface area contributed by atoms with Gasteiger partial charge in [0.1, 0.15) is 11.8 Å². The van der Waals surface area contributed by atoms with Crippen molar-refractivity contribution in [2.45, 2.75) is 6.18 Å². The van der Waals surface area contributed by atoms with Crippen LogP contribution >= 0.6 is 0 Å². The molecule has 1 aliphatic rings. The van der Waals surface area contributed by atoms with E-state index in [4.69, 9.17) is 0 Å². The molecular formula is C21H9F3N6O. The summed E-state index contributed by atoms with van der Waals surface area (Å²) in [7, 11) is 0. The lowest BCUT2D eigenvalue weighted by atomic mass is 10.0. The molecule has 0 amide bonds. The number of fused-ring (bicyclic) bond motifs is 5. The summed E-state index contributed by atoms with van der Waals surface area (Å²) in [6.45, 7) is 0. The first-order valence-electron chi connectivity index (χ1n) is 8.90. The topological polar surface area (TPSA) is 104 Å². The van der Waals surface area contributed by atoms with Crippen molar-refractivity contribution in [2.24, 2.45) is 0 Å². The fourth-order valence-electron chi connectivity index (χ4n) is 3.48. The number of carbonyl (C=O) groups excluding carboxylic acids is 1. The summed E-state index contributed by atoms with van der Waals surface area (Å²) in [6.07, 6.45) is 0.551. The lowest BCUT2D eigenvalue weighted by Crippen LogP contribution is -2.13. The Bertz CT molecular complexity index is 1440. The van der Waals surface area contributed by atoms with E-state index in [9.17, 15) is 23.2 Å². The molecule has 0 spiro atoms. The number of hydrogen-bond donors (Lipinski definition) is 1. The van der Waals surface area contributed by atoms with E-state index >= 15 is 0 Å². The molecule has 150 valence electrons. The van der Waals surface area contributed by atoms with Gasteiger partial charge in [-0.05, 0) is 24.3 Å². The number of aromatic nitrogens is 4. The van der Waals surface area contributed by atoms with E-state index in [2.05, 4.69) is 25.3 Å². The molecule has 0 saturated carbocycles. The van der Waals surface area contributed by atoms with Gasteiger partial charge in [0.2, 0.25) is 11.6 Å². The number of benzene rings is 1. The molecule has 7 nitrogen and oxygen atoms in total. The minimum atomic E-state index is -4.76. The number of pyridine rings is 2. The summed E-state index contributed by atoms with van der Waals surface area (Å²) in [4.78, 5) is 27.8. The number of rotatable bonds is 2. The highest BCUT2D eigenvalue weighted by molar-refractivity contribution is 6.24. The molecule has 1 N–H and O–H groups in total. The average molecular weight is 418 g/mol. The molecule has 1 aromatic carbocycles. The molecule has 0 saturated heterocycles. The van der Waals surface area contributed by atoms with Gasteiger partial charge in [0.05, 0.1) is 22.3 Å². The third-order valence-electron chi connectivity index (χ3n) is 4.86. The van der Waals surface area contributed by atoms with Crippen LogP contribution in [0.15, 0.2) is 49.1 Å². The number of anilines is 2. The van der Waals surface area contributed by atoms with Gasteiger partial charge in [-0.25, -0.2) is 9.97 Å². The van der Waals surface area contributed by atoms with Crippen molar-refractivity contribution in [3.8, 4) is 17.2 Å². The number of nitrogens with one attached hydrogen (secondary N) is 1. The second-order valence-electron chi connectivity index (χ2n) is 6.72. The molecule has 10 heteroatoms. The lowest BCUT2D eigenvalue weighted by Gasteiger charge is -2.11. The van der Waals surface area contributed by atoms with Gasteiger partial charge in [-0.3, -0.25) is 14.8 Å². The molecule has 0 aliphatic heterocycles.